The highest BCUT2D eigenvalue weighted by Gasteiger charge is 2.58. The van der Waals surface area contributed by atoms with E-state index in [1.54, 1.807) is 0 Å². The molecule has 1 saturated heterocycles. The minimum atomic E-state index is -0.297. The molecule has 4 rings (SSSR count). The van der Waals surface area contributed by atoms with Gasteiger partial charge in [-0.25, -0.2) is 0 Å². The van der Waals surface area contributed by atoms with Crippen molar-refractivity contribution < 1.29 is 14.3 Å². The zero-order chi connectivity index (χ0) is 15.4. The van der Waals surface area contributed by atoms with Gasteiger partial charge in [-0.3, -0.25) is 4.79 Å². The zero-order valence-electron chi connectivity index (χ0n) is 13.9. The molecule has 4 aliphatic rings. The van der Waals surface area contributed by atoms with E-state index in [-0.39, 0.29) is 30.2 Å². The van der Waals surface area contributed by atoms with Crippen molar-refractivity contribution >= 4 is 5.97 Å². The summed E-state index contributed by atoms with van der Waals surface area (Å²) < 4.78 is 12.1. The molecule has 22 heavy (non-hydrogen) atoms. The highest BCUT2D eigenvalue weighted by Crippen LogP contribution is 2.54. The molecule has 1 heterocycles. The van der Waals surface area contributed by atoms with Crippen molar-refractivity contribution in [1.29, 1.82) is 0 Å². The fraction of sp³-hybridized carbons (Fsp3) is 0.842. The molecule has 0 spiro atoms. The smallest absolute Gasteiger partial charge is 0.312 e. The maximum absolute atomic E-state index is 12.2. The number of allylic oxidation sites excluding steroid dienone is 2. The van der Waals surface area contributed by atoms with Gasteiger partial charge in [0.1, 0.15) is 0 Å². The quantitative estimate of drug-likeness (QED) is 0.588. The van der Waals surface area contributed by atoms with Crippen LogP contribution < -0.4 is 0 Å². The van der Waals surface area contributed by atoms with Crippen LogP contribution in [0.5, 0.6) is 0 Å². The molecule has 0 aromatic carbocycles. The summed E-state index contributed by atoms with van der Waals surface area (Å²) in [5.41, 5.74) is 0. The van der Waals surface area contributed by atoms with E-state index in [0.29, 0.717) is 29.6 Å². The summed E-state index contributed by atoms with van der Waals surface area (Å²) >= 11 is 0. The molecule has 2 bridgehead atoms. The van der Waals surface area contributed by atoms with E-state index in [9.17, 15) is 4.79 Å². The maximum Gasteiger partial charge on any atom is 0.312 e. The van der Waals surface area contributed by atoms with Crippen LogP contribution in [0, 0.1) is 41.4 Å². The van der Waals surface area contributed by atoms with E-state index in [4.69, 9.17) is 9.47 Å². The Morgan fingerprint density at radius 1 is 1.18 bits per heavy atom. The Morgan fingerprint density at radius 3 is 2.73 bits per heavy atom. The van der Waals surface area contributed by atoms with Gasteiger partial charge in [0.2, 0.25) is 6.29 Å². The molecule has 0 N–H and O–H groups in total. The lowest BCUT2D eigenvalue weighted by molar-refractivity contribution is -0.198. The summed E-state index contributed by atoms with van der Waals surface area (Å²) in [4.78, 5) is 12.2. The third kappa shape index (κ3) is 2.24. The number of rotatable bonds is 3. The third-order valence-corrected chi connectivity index (χ3v) is 6.61. The number of carbonyl (C=O) groups excluding carboxylic acids is 1. The van der Waals surface area contributed by atoms with Gasteiger partial charge in [0.25, 0.3) is 0 Å². The molecule has 3 nitrogen and oxygen atoms in total. The number of carbonyl (C=O) groups is 1. The van der Waals surface area contributed by atoms with Crippen molar-refractivity contribution in [3.05, 3.63) is 12.2 Å². The molecule has 3 aliphatic carbocycles. The summed E-state index contributed by atoms with van der Waals surface area (Å²) in [6, 6.07) is 0. The van der Waals surface area contributed by atoms with E-state index < -0.39 is 0 Å². The third-order valence-electron chi connectivity index (χ3n) is 6.61. The SMILES string of the molecule is CC(C)[C@@H]1CC[C@@H](C)C[C@H]1O[C@@H]1OC(=O)[C@@H]2[C@H]1[C@@H]1C=C[C@H]2C1. The normalized spacial score (nSPS) is 49.7. The van der Waals surface area contributed by atoms with E-state index >= 15 is 0 Å². The molecular formula is C19H28O3. The minimum Gasteiger partial charge on any atom is -0.435 e. The maximum atomic E-state index is 12.2. The van der Waals surface area contributed by atoms with Crippen LogP contribution in [0.15, 0.2) is 12.2 Å². The Labute approximate surface area is 133 Å². The average Bonchev–Trinajstić information content (AvgIpc) is 3.13. The largest absolute Gasteiger partial charge is 0.435 e. The highest BCUT2D eigenvalue weighted by atomic mass is 16.7. The second kappa shape index (κ2) is 5.36. The van der Waals surface area contributed by atoms with Gasteiger partial charge in [-0.05, 0) is 48.9 Å². The van der Waals surface area contributed by atoms with E-state index in [1.807, 2.05) is 0 Å². The number of fused-ring (bicyclic) bond motifs is 5. The van der Waals surface area contributed by atoms with Gasteiger partial charge in [0.05, 0.1) is 12.0 Å². The van der Waals surface area contributed by atoms with Crippen LogP contribution in [0.1, 0.15) is 46.5 Å². The van der Waals surface area contributed by atoms with Crippen LogP contribution in [0.3, 0.4) is 0 Å². The molecule has 3 fully saturated rings. The Hall–Kier alpha value is -0.830. The van der Waals surface area contributed by atoms with Gasteiger partial charge in [0, 0.05) is 5.92 Å². The number of hydrogen-bond acceptors (Lipinski definition) is 3. The molecule has 0 aromatic heterocycles. The number of ether oxygens (including phenoxy) is 2. The second-order valence-electron chi connectivity index (χ2n) is 8.36. The molecule has 1 aliphatic heterocycles. The Morgan fingerprint density at radius 2 is 1.95 bits per heavy atom. The van der Waals surface area contributed by atoms with E-state index in [2.05, 4.69) is 32.9 Å². The Kier molecular flexibility index (Phi) is 3.60. The highest BCUT2D eigenvalue weighted by molar-refractivity contribution is 5.77. The van der Waals surface area contributed by atoms with Gasteiger partial charge >= 0.3 is 5.97 Å². The van der Waals surface area contributed by atoms with Crippen molar-refractivity contribution in [2.75, 3.05) is 0 Å². The molecule has 0 unspecified atom stereocenters. The first-order valence-corrected chi connectivity index (χ1v) is 9.09. The standard InChI is InChI=1S/C19H28O3/c1-10(2)14-7-4-11(3)8-15(14)21-19-17-13-6-5-12(9-13)16(17)18(20)22-19/h5-6,10-17,19H,4,7-9H2,1-3H3/t11-,12+,13-,14+,15-,16+,17-,19-/m1/s1. The van der Waals surface area contributed by atoms with E-state index in [1.165, 1.54) is 12.8 Å². The second-order valence-corrected chi connectivity index (χ2v) is 8.36. The van der Waals surface area contributed by atoms with Gasteiger partial charge in [0.15, 0.2) is 0 Å². The number of cyclic esters (lactones) is 1. The predicted molar refractivity (Wildman–Crippen MR) is 83.8 cm³/mol. The van der Waals surface area contributed by atoms with Crippen LogP contribution in [0.4, 0.5) is 0 Å². The fourth-order valence-electron chi connectivity index (χ4n) is 5.40. The monoisotopic (exact) mass is 304 g/mol. The molecule has 0 amide bonds. The molecule has 3 heteroatoms. The van der Waals surface area contributed by atoms with Crippen molar-refractivity contribution in [2.24, 2.45) is 41.4 Å². The summed E-state index contributed by atoms with van der Waals surface area (Å²) in [7, 11) is 0. The van der Waals surface area contributed by atoms with Crippen LogP contribution in [0.25, 0.3) is 0 Å². The molecule has 122 valence electrons. The van der Waals surface area contributed by atoms with Crippen LogP contribution in [-0.4, -0.2) is 18.4 Å². The molecule has 0 aromatic rings. The zero-order valence-corrected chi connectivity index (χ0v) is 13.9. The molecule has 0 radical (unpaired) electrons. The summed E-state index contributed by atoms with van der Waals surface area (Å²) in [6.07, 6.45) is 9.23. The lowest BCUT2D eigenvalue weighted by atomic mass is 9.75. The van der Waals surface area contributed by atoms with Gasteiger partial charge in [-0.15, -0.1) is 0 Å². The van der Waals surface area contributed by atoms with Crippen LogP contribution in [0.2, 0.25) is 0 Å². The summed E-state index contributed by atoms with van der Waals surface area (Å²) in [5.74, 6) is 3.16. The first kappa shape index (κ1) is 14.7. The fourth-order valence-corrected chi connectivity index (χ4v) is 5.40. The number of esters is 1. The number of hydrogen-bond donors (Lipinski definition) is 0. The van der Waals surface area contributed by atoms with Crippen molar-refractivity contribution in [3.63, 3.8) is 0 Å². The van der Waals surface area contributed by atoms with Gasteiger partial charge < -0.3 is 9.47 Å². The topological polar surface area (TPSA) is 35.5 Å². The Balaban J connectivity index is 1.50. The van der Waals surface area contributed by atoms with Crippen LogP contribution >= 0.6 is 0 Å². The summed E-state index contributed by atoms with van der Waals surface area (Å²) in [6.45, 7) is 6.90. The van der Waals surface area contributed by atoms with Crippen molar-refractivity contribution in [2.45, 2.75) is 58.8 Å². The van der Waals surface area contributed by atoms with Gasteiger partial charge in [-0.1, -0.05) is 39.3 Å². The molecular weight excluding hydrogens is 276 g/mol. The van der Waals surface area contributed by atoms with Crippen molar-refractivity contribution in [3.8, 4) is 0 Å². The summed E-state index contributed by atoms with van der Waals surface area (Å²) in [5, 5.41) is 0. The minimum absolute atomic E-state index is 0.0168. The molecule has 2 saturated carbocycles. The van der Waals surface area contributed by atoms with E-state index in [0.717, 1.165) is 12.8 Å². The van der Waals surface area contributed by atoms with Crippen molar-refractivity contribution in [1.82, 2.24) is 0 Å². The van der Waals surface area contributed by atoms with Crippen LogP contribution in [-0.2, 0) is 14.3 Å². The first-order valence-electron chi connectivity index (χ1n) is 9.09. The average molecular weight is 304 g/mol. The lowest BCUT2D eigenvalue weighted by Crippen LogP contribution is -2.39. The Bertz CT molecular complexity index is 483. The predicted octanol–water partition coefficient (Wildman–Crippen LogP) is 3.79. The van der Waals surface area contributed by atoms with Gasteiger partial charge in [-0.2, -0.15) is 0 Å². The lowest BCUT2D eigenvalue weighted by Gasteiger charge is -2.39. The first-order chi connectivity index (χ1) is 10.5. The molecule has 8 atom stereocenters.